The number of nitrogens with zero attached hydrogens (tertiary/aromatic N) is 1. The van der Waals surface area contributed by atoms with E-state index in [2.05, 4.69) is 10.5 Å². The third kappa shape index (κ3) is 1.66. The SMILES string of the molecule is CC1=NNC(=O)CC1c1ccccc1. The number of carbonyl (C=O) groups is 1. The number of hydrazone groups is 1. The molecule has 1 heterocycles. The molecule has 1 aliphatic heterocycles. The zero-order valence-corrected chi connectivity index (χ0v) is 8.03. The second kappa shape index (κ2) is 3.62. The van der Waals surface area contributed by atoms with Gasteiger partial charge in [0.25, 0.3) is 0 Å². The van der Waals surface area contributed by atoms with E-state index in [1.54, 1.807) is 0 Å². The molecule has 72 valence electrons. The molecule has 0 aliphatic carbocycles. The van der Waals surface area contributed by atoms with Crippen LogP contribution in [0.25, 0.3) is 0 Å². The van der Waals surface area contributed by atoms with Crippen molar-refractivity contribution < 1.29 is 4.79 Å². The fourth-order valence-electron chi connectivity index (χ4n) is 1.65. The van der Waals surface area contributed by atoms with Crippen molar-refractivity contribution in [2.24, 2.45) is 5.10 Å². The van der Waals surface area contributed by atoms with Crippen LogP contribution >= 0.6 is 0 Å². The Labute approximate surface area is 82.8 Å². The average molecular weight is 188 g/mol. The first kappa shape index (κ1) is 8.94. The highest BCUT2D eigenvalue weighted by Gasteiger charge is 2.22. The van der Waals surface area contributed by atoms with E-state index in [0.29, 0.717) is 6.42 Å². The molecule has 3 heteroatoms. The van der Waals surface area contributed by atoms with Gasteiger partial charge in [0.15, 0.2) is 0 Å². The summed E-state index contributed by atoms with van der Waals surface area (Å²) in [5.41, 5.74) is 4.60. The summed E-state index contributed by atoms with van der Waals surface area (Å²) in [5.74, 6) is 0.134. The van der Waals surface area contributed by atoms with E-state index in [1.165, 1.54) is 0 Å². The van der Waals surface area contributed by atoms with Gasteiger partial charge in [-0.3, -0.25) is 4.79 Å². The number of amides is 1. The number of hydrogen-bond acceptors (Lipinski definition) is 2. The maximum Gasteiger partial charge on any atom is 0.241 e. The number of benzene rings is 1. The number of carbonyl (C=O) groups excluding carboxylic acids is 1. The fourth-order valence-corrected chi connectivity index (χ4v) is 1.65. The predicted octanol–water partition coefficient (Wildman–Crippen LogP) is 1.67. The summed E-state index contributed by atoms with van der Waals surface area (Å²) in [4.78, 5) is 11.2. The van der Waals surface area contributed by atoms with Crippen molar-refractivity contribution in [1.29, 1.82) is 0 Å². The standard InChI is InChI=1S/C11H12N2O/c1-8-10(7-11(14)13-12-8)9-5-3-2-4-6-9/h2-6,10H,7H2,1H3,(H,13,14). The Morgan fingerprint density at radius 1 is 1.36 bits per heavy atom. The summed E-state index contributed by atoms with van der Waals surface area (Å²) in [5, 5.41) is 3.99. The van der Waals surface area contributed by atoms with Crippen molar-refractivity contribution >= 4 is 11.6 Å². The van der Waals surface area contributed by atoms with Gasteiger partial charge < -0.3 is 0 Å². The first-order valence-electron chi connectivity index (χ1n) is 4.65. The molecule has 0 bridgehead atoms. The summed E-state index contributed by atoms with van der Waals surface area (Å²) in [7, 11) is 0. The Morgan fingerprint density at radius 2 is 2.07 bits per heavy atom. The van der Waals surface area contributed by atoms with E-state index < -0.39 is 0 Å². The Balaban J connectivity index is 2.30. The second-order valence-electron chi connectivity index (χ2n) is 3.46. The van der Waals surface area contributed by atoms with Gasteiger partial charge in [0.2, 0.25) is 5.91 Å². The van der Waals surface area contributed by atoms with Crippen LogP contribution in [0, 0.1) is 0 Å². The number of hydrogen-bond donors (Lipinski definition) is 1. The van der Waals surface area contributed by atoms with Crippen LogP contribution in [0.2, 0.25) is 0 Å². The van der Waals surface area contributed by atoms with Crippen LogP contribution in [0.15, 0.2) is 35.4 Å². The Kier molecular flexibility index (Phi) is 2.31. The molecule has 0 saturated carbocycles. The summed E-state index contributed by atoms with van der Waals surface area (Å²) >= 11 is 0. The Bertz CT molecular complexity index is 370. The van der Waals surface area contributed by atoms with Gasteiger partial charge in [-0.05, 0) is 12.5 Å². The van der Waals surface area contributed by atoms with E-state index in [4.69, 9.17) is 0 Å². The van der Waals surface area contributed by atoms with Gasteiger partial charge in [-0.25, -0.2) is 5.43 Å². The molecule has 0 spiro atoms. The van der Waals surface area contributed by atoms with Gasteiger partial charge in [-0.15, -0.1) is 0 Å². The van der Waals surface area contributed by atoms with Gasteiger partial charge in [0.05, 0.1) is 0 Å². The van der Waals surface area contributed by atoms with Gasteiger partial charge in [-0.1, -0.05) is 30.3 Å². The highest BCUT2D eigenvalue weighted by molar-refractivity contribution is 5.96. The normalized spacial score (nSPS) is 21.4. The van der Waals surface area contributed by atoms with Crippen LogP contribution in [-0.2, 0) is 4.79 Å². The molecule has 1 aliphatic rings. The van der Waals surface area contributed by atoms with Crippen molar-refractivity contribution in [1.82, 2.24) is 5.43 Å². The molecule has 0 radical (unpaired) electrons. The van der Waals surface area contributed by atoms with Crippen molar-refractivity contribution in [3.05, 3.63) is 35.9 Å². The van der Waals surface area contributed by atoms with E-state index >= 15 is 0 Å². The van der Waals surface area contributed by atoms with Crippen molar-refractivity contribution in [3.8, 4) is 0 Å². The smallest absolute Gasteiger partial charge is 0.241 e. The zero-order chi connectivity index (χ0) is 9.97. The molecule has 1 atom stereocenters. The van der Waals surface area contributed by atoms with Crippen LogP contribution in [-0.4, -0.2) is 11.6 Å². The van der Waals surface area contributed by atoms with Crippen molar-refractivity contribution in [3.63, 3.8) is 0 Å². The summed E-state index contributed by atoms with van der Waals surface area (Å²) in [6, 6.07) is 9.99. The molecule has 1 unspecified atom stereocenters. The molecule has 14 heavy (non-hydrogen) atoms. The summed E-state index contributed by atoms with van der Waals surface area (Å²) in [6.07, 6.45) is 0.499. The van der Waals surface area contributed by atoms with Gasteiger partial charge in [0.1, 0.15) is 0 Å². The van der Waals surface area contributed by atoms with Gasteiger partial charge in [-0.2, -0.15) is 5.10 Å². The highest BCUT2D eigenvalue weighted by atomic mass is 16.2. The molecule has 3 nitrogen and oxygen atoms in total. The molecule has 1 aromatic rings. The Morgan fingerprint density at radius 3 is 2.79 bits per heavy atom. The topological polar surface area (TPSA) is 41.5 Å². The van der Waals surface area contributed by atoms with Crippen LogP contribution in [0.4, 0.5) is 0 Å². The Hall–Kier alpha value is -1.64. The third-order valence-electron chi connectivity index (χ3n) is 2.45. The molecule has 0 saturated heterocycles. The van der Waals surface area contributed by atoms with Crippen LogP contribution in [0.3, 0.4) is 0 Å². The zero-order valence-electron chi connectivity index (χ0n) is 8.03. The van der Waals surface area contributed by atoms with E-state index in [1.807, 2.05) is 37.3 Å². The van der Waals surface area contributed by atoms with E-state index in [-0.39, 0.29) is 11.8 Å². The number of rotatable bonds is 1. The lowest BCUT2D eigenvalue weighted by Crippen LogP contribution is -2.30. The first-order chi connectivity index (χ1) is 6.77. The molecule has 0 fully saturated rings. The molecule has 1 N–H and O–H groups in total. The van der Waals surface area contributed by atoms with Crippen molar-refractivity contribution in [2.75, 3.05) is 0 Å². The largest absolute Gasteiger partial charge is 0.273 e. The quantitative estimate of drug-likeness (QED) is 0.715. The maximum absolute atomic E-state index is 11.2. The molecule has 0 aromatic heterocycles. The molecule has 1 amide bonds. The minimum Gasteiger partial charge on any atom is -0.273 e. The molecule has 2 rings (SSSR count). The van der Waals surface area contributed by atoms with Crippen molar-refractivity contribution in [2.45, 2.75) is 19.3 Å². The highest BCUT2D eigenvalue weighted by Crippen LogP contribution is 2.23. The molecular formula is C11H12N2O. The van der Waals surface area contributed by atoms with Crippen LogP contribution < -0.4 is 5.43 Å². The maximum atomic E-state index is 11.2. The second-order valence-corrected chi connectivity index (χ2v) is 3.46. The van der Waals surface area contributed by atoms with Crippen LogP contribution in [0.1, 0.15) is 24.8 Å². The first-order valence-corrected chi connectivity index (χ1v) is 4.65. The minimum absolute atomic E-state index is 0.00977. The van der Waals surface area contributed by atoms with Gasteiger partial charge >= 0.3 is 0 Å². The van der Waals surface area contributed by atoms with Gasteiger partial charge in [0, 0.05) is 18.1 Å². The summed E-state index contributed by atoms with van der Waals surface area (Å²) in [6.45, 7) is 1.94. The molecular weight excluding hydrogens is 176 g/mol. The number of nitrogens with one attached hydrogen (secondary N) is 1. The van der Waals surface area contributed by atoms with E-state index in [0.717, 1.165) is 11.3 Å². The third-order valence-corrected chi connectivity index (χ3v) is 2.45. The minimum atomic E-state index is -0.00977. The lowest BCUT2D eigenvalue weighted by atomic mass is 9.91. The lowest BCUT2D eigenvalue weighted by Gasteiger charge is -2.20. The lowest BCUT2D eigenvalue weighted by molar-refractivity contribution is -0.121. The predicted molar refractivity (Wildman–Crippen MR) is 55.1 cm³/mol. The summed E-state index contributed by atoms with van der Waals surface area (Å²) < 4.78 is 0. The van der Waals surface area contributed by atoms with Crippen LogP contribution in [0.5, 0.6) is 0 Å². The van der Waals surface area contributed by atoms with E-state index in [9.17, 15) is 4.79 Å². The molecule has 1 aromatic carbocycles. The monoisotopic (exact) mass is 188 g/mol. The fraction of sp³-hybridized carbons (Fsp3) is 0.273. The average Bonchev–Trinajstić information content (AvgIpc) is 2.23.